The number of para-hydroxylation sites is 2. The molecule has 4 rings (SSSR count). The van der Waals surface area contributed by atoms with E-state index < -0.39 is 23.8 Å². The van der Waals surface area contributed by atoms with Crippen LogP contribution < -0.4 is 14.9 Å². The van der Waals surface area contributed by atoms with Gasteiger partial charge in [-0.2, -0.15) is 18.3 Å². The number of hydrogen-bond acceptors (Lipinski definition) is 5. The van der Waals surface area contributed by atoms with Crippen LogP contribution in [-0.2, 0) is 11.0 Å². The number of fused-ring (bicyclic) bond motifs is 1. The Labute approximate surface area is 168 Å². The van der Waals surface area contributed by atoms with Crippen LogP contribution in [0.1, 0.15) is 11.3 Å². The predicted octanol–water partition coefficient (Wildman–Crippen LogP) is 4.26. The number of hydrazone groups is 1. The highest BCUT2D eigenvalue weighted by atomic mass is 19.4. The molecule has 1 N–H and O–H groups in total. The molecule has 1 amide bonds. The number of halogens is 3. The van der Waals surface area contributed by atoms with E-state index in [-0.39, 0.29) is 23.7 Å². The van der Waals surface area contributed by atoms with E-state index >= 15 is 0 Å². The molecular weight excluding hydrogens is 401 g/mol. The minimum absolute atomic E-state index is 0.0405. The van der Waals surface area contributed by atoms with Gasteiger partial charge in [0.05, 0.1) is 11.8 Å². The number of rotatable bonds is 4. The molecule has 1 aliphatic heterocycles. The lowest BCUT2D eigenvalue weighted by atomic mass is 10.1. The van der Waals surface area contributed by atoms with Gasteiger partial charge in [0.2, 0.25) is 6.10 Å². The third kappa shape index (κ3) is 4.29. The average molecular weight is 416 g/mol. The van der Waals surface area contributed by atoms with E-state index in [2.05, 4.69) is 10.5 Å². The zero-order valence-corrected chi connectivity index (χ0v) is 15.3. The standard InChI is InChI=1S/C21H15F3N2O4/c22-21(23,24)14-5-3-4-13(10-14)16-9-8-15(29-16)11-25-26-20(27)19-12-28-17-6-1-2-7-18(17)30-19/h1-11,19H,12H2,(H,26,27)/b25-11-/t19-/m1/s1. The van der Waals surface area contributed by atoms with Gasteiger partial charge in [0.25, 0.3) is 5.91 Å². The highest BCUT2D eigenvalue weighted by Crippen LogP contribution is 2.33. The smallest absolute Gasteiger partial charge is 0.416 e. The lowest BCUT2D eigenvalue weighted by Gasteiger charge is -2.24. The topological polar surface area (TPSA) is 73.1 Å². The van der Waals surface area contributed by atoms with Crippen molar-refractivity contribution in [1.82, 2.24) is 5.43 Å². The summed E-state index contributed by atoms with van der Waals surface area (Å²) in [6, 6.07) is 14.8. The molecule has 1 aromatic heterocycles. The Morgan fingerprint density at radius 3 is 2.67 bits per heavy atom. The number of ether oxygens (including phenoxy) is 2. The fourth-order valence-electron chi connectivity index (χ4n) is 2.81. The summed E-state index contributed by atoms with van der Waals surface area (Å²) in [5.41, 5.74) is 1.84. The molecule has 1 atom stereocenters. The molecule has 1 aliphatic rings. The van der Waals surface area contributed by atoms with Crippen LogP contribution >= 0.6 is 0 Å². The van der Waals surface area contributed by atoms with Crippen molar-refractivity contribution in [3.8, 4) is 22.8 Å². The van der Waals surface area contributed by atoms with Crippen molar-refractivity contribution in [3.63, 3.8) is 0 Å². The summed E-state index contributed by atoms with van der Waals surface area (Å²) in [5, 5.41) is 3.80. The number of carbonyl (C=O) groups is 1. The van der Waals surface area contributed by atoms with Gasteiger partial charge in [-0.15, -0.1) is 0 Å². The van der Waals surface area contributed by atoms with E-state index in [1.54, 1.807) is 24.3 Å². The zero-order valence-electron chi connectivity index (χ0n) is 15.3. The van der Waals surface area contributed by atoms with E-state index in [9.17, 15) is 18.0 Å². The maximum absolute atomic E-state index is 12.9. The second-order valence-corrected chi connectivity index (χ2v) is 6.38. The first-order valence-electron chi connectivity index (χ1n) is 8.89. The number of hydrogen-bond donors (Lipinski definition) is 1. The Balaban J connectivity index is 1.38. The number of amides is 1. The lowest BCUT2D eigenvalue weighted by Crippen LogP contribution is -2.42. The van der Waals surface area contributed by atoms with Crippen LogP contribution in [0.2, 0.25) is 0 Å². The van der Waals surface area contributed by atoms with Crippen LogP contribution in [0.25, 0.3) is 11.3 Å². The summed E-state index contributed by atoms with van der Waals surface area (Å²) in [7, 11) is 0. The molecule has 0 radical (unpaired) electrons. The van der Waals surface area contributed by atoms with Gasteiger partial charge in [-0.3, -0.25) is 4.79 Å². The van der Waals surface area contributed by atoms with Crippen LogP contribution in [0.5, 0.6) is 11.5 Å². The second kappa shape index (κ2) is 7.94. The minimum Gasteiger partial charge on any atom is -0.485 e. The molecule has 0 saturated carbocycles. The Kier molecular flexibility index (Phi) is 5.18. The van der Waals surface area contributed by atoms with Crippen LogP contribution in [0.15, 0.2) is 70.2 Å². The fraction of sp³-hybridized carbons (Fsp3) is 0.143. The molecule has 30 heavy (non-hydrogen) atoms. The number of alkyl halides is 3. The monoisotopic (exact) mass is 416 g/mol. The Morgan fingerprint density at radius 1 is 1.07 bits per heavy atom. The molecule has 0 bridgehead atoms. The number of furan rings is 1. The molecular formula is C21H15F3N2O4. The number of nitrogens with one attached hydrogen (secondary N) is 1. The molecule has 0 unspecified atom stereocenters. The SMILES string of the molecule is O=C(N/N=C\c1ccc(-c2cccc(C(F)(F)F)c2)o1)[C@H]1COc2ccccc2O1. The van der Waals surface area contributed by atoms with Gasteiger partial charge in [0.1, 0.15) is 18.1 Å². The number of carbonyl (C=O) groups excluding carboxylic acids is 1. The van der Waals surface area contributed by atoms with Crippen LogP contribution in [0.4, 0.5) is 13.2 Å². The van der Waals surface area contributed by atoms with E-state index in [1.165, 1.54) is 30.5 Å². The average Bonchev–Trinajstić information content (AvgIpc) is 3.22. The van der Waals surface area contributed by atoms with Crippen molar-refractivity contribution >= 4 is 12.1 Å². The van der Waals surface area contributed by atoms with E-state index in [4.69, 9.17) is 13.9 Å². The van der Waals surface area contributed by atoms with Gasteiger partial charge in [0, 0.05) is 5.56 Å². The fourth-order valence-corrected chi connectivity index (χ4v) is 2.81. The lowest BCUT2D eigenvalue weighted by molar-refractivity contribution is -0.137. The second-order valence-electron chi connectivity index (χ2n) is 6.38. The van der Waals surface area contributed by atoms with E-state index in [0.29, 0.717) is 11.5 Å². The molecule has 154 valence electrons. The first-order chi connectivity index (χ1) is 14.4. The first kappa shape index (κ1) is 19.6. The minimum atomic E-state index is -4.44. The summed E-state index contributed by atoms with van der Waals surface area (Å²) in [6.07, 6.45) is -4.07. The highest BCUT2D eigenvalue weighted by molar-refractivity contribution is 5.84. The van der Waals surface area contributed by atoms with Gasteiger partial charge >= 0.3 is 6.18 Å². The Bertz CT molecular complexity index is 1090. The van der Waals surface area contributed by atoms with Crippen LogP contribution in [0, 0.1) is 0 Å². The van der Waals surface area contributed by atoms with Crippen LogP contribution in [0.3, 0.4) is 0 Å². The van der Waals surface area contributed by atoms with Crippen molar-refractivity contribution in [1.29, 1.82) is 0 Å². The maximum Gasteiger partial charge on any atom is 0.416 e. The normalized spacial score (nSPS) is 15.9. The largest absolute Gasteiger partial charge is 0.485 e. The summed E-state index contributed by atoms with van der Waals surface area (Å²) in [4.78, 5) is 12.2. The quantitative estimate of drug-likeness (QED) is 0.510. The van der Waals surface area contributed by atoms with Crippen molar-refractivity contribution in [2.45, 2.75) is 12.3 Å². The van der Waals surface area contributed by atoms with Gasteiger partial charge < -0.3 is 13.9 Å². The van der Waals surface area contributed by atoms with Crippen LogP contribution in [-0.4, -0.2) is 24.8 Å². The highest BCUT2D eigenvalue weighted by Gasteiger charge is 2.30. The van der Waals surface area contributed by atoms with Gasteiger partial charge in [-0.1, -0.05) is 24.3 Å². The molecule has 6 nitrogen and oxygen atoms in total. The molecule has 0 spiro atoms. The summed E-state index contributed by atoms with van der Waals surface area (Å²) in [5.74, 6) is 1.01. The molecule has 0 aliphatic carbocycles. The molecule has 2 heterocycles. The van der Waals surface area contributed by atoms with Gasteiger partial charge in [0.15, 0.2) is 11.5 Å². The third-order valence-electron chi connectivity index (χ3n) is 4.27. The third-order valence-corrected chi connectivity index (χ3v) is 4.27. The van der Waals surface area contributed by atoms with Crippen molar-refractivity contribution < 1.29 is 31.9 Å². The number of nitrogens with zero attached hydrogens (tertiary/aromatic N) is 1. The van der Waals surface area contributed by atoms with Crippen molar-refractivity contribution in [3.05, 3.63) is 72.0 Å². The van der Waals surface area contributed by atoms with Gasteiger partial charge in [-0.25, -0.2) is 5.43 Å². The Hall–Kier alpha value is -3.75. The maximum atomic E-state index is 12.9. The molecule has 0 saturated heterocycles. The number of benzene rings is 2. The Morgan fingerprint density at radius 2 is 1.87 bits per heavy atom. The molecule has 3 aromatic rings. The summed E-state index contributed by atoms with van der Waals surface area (Å²) >= 11 is 0. The predicted molar refractivity (Wildman–Crippen MR) is 101 cm³/mol. The molecule has 9 heteroatoms. The summed E-state index contributed by atoms with van der Waals surface area (Å²) < 4.78 is 55.1. The van der Waals surface area contributed by atoms with Crippen molar-refractivity contribution in [2.75, 3.05) is 6.61 Å². The van der Waals surface area contributed by atoms with E-state index in [0.717, 1.165) is 12.1 Å². The zero-order chi connectivity index (χ0) is 21.1. The molecule has 2 aromatic carbocycles. The molecule has 0 fully saturated rings. The van der Waals surface area contributed by atoms with Gasteiger partial charge in [-0.05, 0) is 36.4 Å². The summed E-state index contributed by atoms with van der Waals surface area (Å²) in [6.45, 7) is 0.0405. The van der Waals surface area contributed by atoms with Crippen molar-refractivity contribution in [2.24, 2.45) is 5.10 Å². The first-order valence-corrected chi connectivity index (χ1v) is 8.89. The van der Waals surface area contributed by atoms with E-state index in [1.807, 2.05) is 0 Å².